The molecule has 1 saturated heterocycles. The van der Waals surface area contributed by atoms with Crippen LogP contribution in [0.15, 0.2) is 73.2 Å². The Morgan fingerprint density at radius 1 is 0.865 bits per heavy atom. The van der Waals surface area contributed by atoms with E-state index in [9.17, 15) is 19.2 Å². The predicted octanol–water partition coefficient (Wildman–Crippen LogP) is 8.63. The Morgan fingerprint density at radius 2 is 1.53 bits per heavy atom. The molecule has 4 saturated carbocycles. The van der Waals surface area contributed by atoms with Gasteiger partial charge in [-0.05, 0) is 167 Å². The van der Waals surface area contributed by atoms with Gasteiger partial charge in [-0.1, -0.05) is 102 Å². The van der Waals surface area contributed by atoms with Crippen LogP contribution in [-0.4, -0.2) is 115 Å². The molecule has 5 aliphatic rings. The summed E-state index contributed by atoms with van der Waals surface area (Å²) in [6, 6.07) is 20.1. The summed E-state index contributed by atoms with van der Waals surface area (Å²) in [5, 5.41) is 11.7. The topological polar surface area (TPSA) is 158 Å². The number of hydrogen-bond acceptors (Lipinski definition) is 8. The lowest BCUT2D eigenvalue weighted by Crippen LogP contribution is -2.68. The van der Waals surface area contributed by atoms with Gasteiger partial charge in [0.05, 0.1) is 6.33 Å². The molecule has 5 unspecified atom stereocenters. The van der Waals surface area contributed by atoms with Crippen molar-refractivity contribution in [2.24, 2.45) is 46.3 Å². The Bertz CT molecular complexity index is 2330. The van der Waals surface area contributed by atoms with Crippen LogP contribution in [0.25, 0.3) is 0 Å². The minimum absolute atomic E-state index is 0.0350. The summed E-state index contributed by atoms with van der Waals surface area (Å²) in [4.78, 5) is 65.9. The van der Waals surface area contributed by atoms with Gasteiger partial charge in [0.1, 0.15) is 17.7 Å². The third kappa shape index (κ3) is 11.9. The summed E-state index contributed by atoms with van der Waals surface area (Å²) in [5.41, 5.74) is 0.474. The van der Waals surface area contributed by atoms with Gasteiger partial charge >= 0.3 is 6.09 Å². The highest BCUT2D eigenvalue weighted by atomic mass is 28.4. The fourth-order valence-electron chi connectivity index (χ4n) is 15.5. The highest BCUT2D eigenvalue weighted by Crippen LogP contribution is 2.68. The van der Waals surface area contributed by atoms with E-state index in [1.165, 1.54) is 66.5 Å². The maximum atomic E-state index is 14.5. The van der Waals surface area contributed by atoms with E-state index in [-0.39, 0.29) is 47.8 Å². The molecule has 4 N–H and O–H groups in total. The first-order valence-corrected chi connectivity index (χ1v) is 30.2. The van der Waals surface area contributed by atoms with E-state index in [4.69, 9.17) is 9.16 Å². The van der Waals surface area contributed by atoms with Gasteiger partial charge < -0.3 is 39.9 Å². The summed E-state index contributed by atoms with van der Waals surface area (Å²) in [6.07, 6.45) is 15.5. The SMILES string of the molecule is C[C@H](CCC(=O)N[C@H]1C[C@@H](C(=O)NCCN(C)C)N(C(=O)C(Cc2cnc[nH]2)NC(=O)OC(C)(C)C)C1)[C@H]1CCC2C3CCC4C[C@@H](O[Si](c5ccccc5)(c5ccccc5)C(C)(C)C)CC[C@]4(C)C3CC[C@@]21C. The Balaban J connectivity index is 0.887. The van der Waals surface area contributed by atoms with Crippen molar-refractivity contribution in [2.45, 2.75) is 181 Å². The first-order chi connectivity index (χ1) is 35.0. The average molecular weight is 1030 g/mol. The molecule has 74 heavy (non-hydrogen) atoms. The molecule has 2 heterocycles. The van der Waals surface area contributed by atoms with Crippen molar-refractivity contribution >= 4 is 42.5 Å². The molecule has 8 rings (SSSR count). The Morgan fingerprint density at radius 3 is 2.15 bits per heavy atom. The largest absolute Gasteiger partial charge is 0.444 e. The zero-order chi connectivity index (χ0) is 53.2. The smallest absolute Gasteiger partial charge is 0.408 e. The van der Waals surface area contributed by atoms with E-state index in [2.05, 4.69) is 128 Å². The van der Waals surface area contributed by atoms with Crippen molar-refractivity contribution < 1.29 is 28.3 Å². The van der Waals surface area contributed by atoms with Crippen LogP contribution in [0.5, 0.6) is 0 Å². The standard InChI is InChI=1S/C60H91N7O6Si/c1-40(22-27-53(68)64-43-36-52(54(69)62-32-33-66(10)11)67(38-43)55(70)51(35-42-37-61-39-63-42)65-56(71)72-57(2,3)4)48-25-26-49-47-24-23-41-34-44(28-30-59(41,8)50(47)29-31-60(48,49)9)73-74(58(5,6)7,45-18-14-12-15-19-45)46-20-16-13-17-21-46/h12-21,37,39-41,43-44,47-52H,22-36,38H2,1-11H3,(H,61,63)(H,62,69)(H,64,68)(H,65,71)/t40-,41?,43+,44+,47?,48-,49?,50?,51?,52+,59+,60-/m1/s1. The molecule has 0 spiro atoms. The number of carbonyl (C=O) groups excluding carboxylic acids is 4. The highest BCUT2D eigenvalue weighted by Gasteiger charge is 2.61. The van der Waals surface area contributed by atoms with E-state index >= 15 is 0 Å². The number of benzene rings is 2. The number of carbonyl (C=O) groups is 4. The lowest BCUT2D eigenvalue weighted by atomic mass is 9.44. The summed E-state index contributed by atoms with van der Waals surface area (Å²) in [7, 11) is 1.23. The fraction of sp³-hybridized carbons (Fsp3) is 0.683. The number of amides is 4. The van der Waals surface area contributed by atoms with Crippen molar-refractivity contribution in [3.63, 3.8) is 0 Å². The number of aromatic nitrogens is 2. The van der Waals surface area contributed by atoms with E-state index in [0.717, 1.165) is 37.0 Å². The van der Waals surface area contributed by atoms with Crippen LogP contribution in [0, 0.1) is 46.3 Å². The molecule has 13 nitrogen and oxygen atoms in total. The number of imidazole rings is 1. The molecule has 4 aliphatic carbocycles. The summed E-state index contributed by atoms with van der Waals surface area (Å²) < 4.78 is 13.3. The Kier molecular flexibility index (Phi) is 17.0. The van der Waals surface area contributed by atoms with Crippen molar-refractivity contribution in [1.82, 2.24) is 35.7 Å². The van der Waals surface area contributed by atoms with Gasteiger partial charge in [0, 0.05) is 56.5 Å². The number of alkyl carbamates (subject to hydrolysis) is 1. The van der Waals surface area contributed by atoms with Gasteiger partial charge in [-0.15, -0.1) is 0 Å². The number of likely N-dealkylation sites (N-methyl/N-ethyl adjacent to an activating group) is 1. The van der Waals surface area contributed by atoms with Gasteiger partial charge in [0.2, 0.25) is 17.7 Å². The number of fused-ring (bicyclic) bond motifs is 5. The number of H-pyrrole nitrogens is 1. The van der Waals surface area contributed by atoms with Crippen molar-refractivity contribution in [1.29, 1.82) is 0 Å². The number of hydrogen-bond donors (Lipinski definition) is 4. The van der Waals surface area contributed by atoms with E-state index in [1.54, 1.807) is 27.0 Å². The van der Waals surface area contributed by atoms with Gasteiger partial charge in [0.25, 0.3) is 8.32 Å². The number of nitrogens with one attached hydrogen (secondary N) is 4. The highest BCUT2D eigenvalue weighted by molar-refractivity contribution is 6.99. The minimum Gasteiger partial charge on any atom is -0.444 e. The van der Waals surface area contributed by atoms with E-state index < -0.39 is 44.0 Å². The fourth-order valence-corrected chi connectivity index (χ4v) is 20.3. The van der Waals surface area contributed by atoms with Gasteiger partial charge in [0.15, 0.2) is 0 Å². The number of ether oxygens (including phenoxy) is 1. The number of nitrogens with zero attached hydrogens (tertiary/aromatic N) is 3. The van der Waals surface area contributed by atoms with Crippen LogP contribution < -0.4 is 26.3 Å². The van der Waals surface area contributed by atoms with Crippen LogP contribution in [0.4, 0.5) is 4.79 Å². The Labute approximate surface area is 444 Å². The van der Waals surface area contributed by atoms with E-state index in [0.29, 0.717) is 48.4 Å². The molecule has 406 valence electrons. The van der Waals surface area contributed by atoms with Crippen molar-refractivity contribution in [3.8, 4) is 0 Å². The first kappa shape index (κ1) is 55.7. The molecule has 4 amide bonds. The molecule has 3 aromatic rings. The molecule has 12 atom stereocenters. The quantitative estimate of drug-likeness (QED) is 0.0980. The number of aromatic amines is 1. The molecule has 14 heteroatoms. The minimum atomic E-state index is -2.64. The summed E-state index contributed by atoms with van der Waals surface area (Å²) in [6.45, 7) is 21.4. The predicted molar refractivity (Wildman–Crippen MR) is 295 cm³/mol. The first-order valence-electron chi connectivity index (χ1n) is 28.3. The number of rotatable bonds is 17. The molecular formula is C60H91N7O6Si. The molecule has 1 aliphatic heterocycles. The second-order valence-electron chi connectivity index (χ2n) is 26.2. The van der Waals surface area contributed by atoms with Crippen LogP contribution >= 0.6 is 0 Å². The zero-order valence-electron chi connectivity index (χ0n) is 46.8. The normalized spacial score (nSPS) is 29.9. The number of likely N-dealkylation sites (tertiary alicyclic amines) is 1. The molecule has 1 aromatic heterocycles. The van der Waals surface area contributed by atoms with Crippen LogP contribution in [0.1, 0.15) is 145 Å². The second-order valence-corrected chi connectivity index (χ2v) is 30.4. The third-order valence-corrected chi connectivity index (χ3v) is 24.1. The Hall–Kier alpha value is -4.53. The van der Waals surface area contributed by atoms with Crippen LogP contribution in [0.3, 0.4) is 0 Å². The zero-order valence-corrected chi connectivity index (χ0v) is 47.8. The van der Waals surface area contributed by atoms with E-state index in [1.807, 2.05) is 19.0 Å². The summed E-state index contributed by atoms with van der Waals surface area (Å²) in [5.74, 6) is 3.12. The molecule has 2 aromatic carbocycles. The van der Waals surface area contributed by atoms with Gasteiger partial charge in [-0.25, -0.2) is 9.78 Å². The van der Waals surface area contributed by atoms with Crippen LogP contribution in [-0.2, 0) is 30.0 Å². The molecular weight excluding hydrogens is 943 g/mol. The van der Waals surface area contributed by atoms with Gasteiger partial charge in [-0.3, -0.25) is 14.4 Å². The summed E-state index contributed by atoms with van der Waals surface area (Å²) >= 11 is 0. The third-order valence-electron chi connectivity index (χ3n) is 19.0. The second kappa shape index (κ2) is 22.6. The molecule has 5 fully saturated rings. The van der Waals surface area contributed by atoms with Gasteiger partial charge in [-0.2, -0.15) is 0 Å². The maximum Gasteiger partial charge on any atom is 0.408 e. The van der Waals surface area contributed by atoms with Crippen molar-refractivity contribution in [3.05, 3.63) is 78.9 Å². The molecule has 0 radical (unpaired) electrons. The lowest BCUT2D eigenvalue weighted by Gasteiger charge is -2.62. The van der Waals surface area contributed by atoms with Crippen molar-refractivity contribution in [2.75, 3.05) is 33.7 Å². The van der Waals surface area contributed by atoms with Crippen LogP contribution in [0.2, 0.25) is 5.04 Å². The molecule has 0 bridgehead atoms. The average Bonchev–Trinajstić information content (AvgIpc) is 4.11. The maximum absolute atomic E-state index is 14.5. The lowest BCUT2D eigenvalue weighted by molar-refractivity contribution is -0.140. The monoisotopic (exact) mass is 1030 g/mol.